The number of aromatic amines is 1. The fourth-order valence-electron chi connectivity index (χ4n) is 3.25. The molecule has 8 nitrogen and oxygen atoms in total. The summed E-state index contributed by atoms with van der Waals surface area (Å²) in [5.41, 5.74) is 3.40. The highest BCUT2D eigenvalue weighted by Gasteiger charge is 2.28. The molecule has 1 saturated heterocycles. The Morgan fingerprint density at radius 3 is 2.76 bits per heavy atom. The Balaban J connectivity index is 1.41. The van der Waals surface area contributed by atoms with Crippen LogP contribution in [0.3, 0.4) is 0 Å². The van der Waals surface area contributed by atoms with Gasteiger partial charge in [0.25, 0.3) is 5.91 Å². The Labute approximate surface area is 143 Å². The van der Waals surface area contributed by atoms with Crippen LogP contribution in [0.25, 0.3) is 0 Å². The van der Waals surface area contributed by atoms with Gasteiger partial charge in [0.05, 0.1) is 6.20 Å². The number of nitrogens with one attached hydrogen (secondary N) is 3. The lowest BCUT2D eigenvalue weighted by atomic mass is 9.93. The van der Waals surface area contributed by atoms with Crippen LogP contribution in [0.4, 0.5) is 10.5 Å². The van der Waals surface area contributed by atoms with Crippen LogP contribution in [-0.2, 0) is 17.6 Å². The maximum atomic E-state index is 12.4. The Morgan fingerprint density at radius 2 is 2.04 bits per heavy atom. The Morgan fingerprint density at radius 1 is 1.24 bits per heavy atom. The second-order valence-corrected chi connectivity index (χ2v) is 6.27. The number of fused-ring (bicyclic) bond motifs is 1. The second-order valence-electron chi connectivity index (χ2n) is 6.27. The fourth-order valence-corrected chi connectivity index (χ4v) is 3.25. The van der Waals surface area contributed by atoms with E-state index in [-0.39, 0.29) is 24.4 Å². The van der Waals surface area contributed by atoms with Gasteiger partial charge in [0.1, 0.15) is 6.54 Å². The zero-order valence-corrected chi connectivity index (χ0v) is 13.4. The van der Waals surface area contributed by atoms with Crippen molar-refractivity contribution in [1.82, 2.24) is 20.8 Å². The predicted octanol–water partition coefficient (Wildman–Crippen LogP) is 0.753. The molecule has 2 aromatic rings. The highest BCUT2D eigenvalue weighted by Crippen LogP contribution is 2.20. The van der Waals surface area contributed by atoms with Gasteiger partial charge in [-0.25, -0.2) is 4.79 Å². The van der Waals surface area contributed by atoms with Crippen LogP contribution in [0.2, 0.25) is 0 Å². The van der Waals surface area contributed by atoms with E-state index >= 15 is 0 Å². The summed E-state index contributed by atoms with van der Waals surface area (Å²) in [6.07, 6.45) is 4.32. The van der Waals surface area contributed by atoms with E-state index in [1.54, 1.807) is 24.3 Å². The van der Waals surface area contributed by atoms with Gasteiger partial charge in [-0.05, 0) is 49.1 Å². The molecule has 128 valence electrons. The first kappa shape index (κ1) is 15.4. The van der Waals surface area contributed by atoms with E-state index in [9.17, 15) is 14.4 Å². The zero-order valence-electron chi connectivity index (χ0n) is 13.4. The first-order valence-corrected chi connectivity index (χ1v) is 8.13. The fraction of sp³-hybridized carbons (Fsp3) is 0.294. The number of carbonyl (C=O) groups excluding carboxylic acids is 3. The van der Waals surface area contributed by atoms with Gasteiger partial charge in [-0.3, -0.25) is 24.9 Å². The first-order valence-electron chi connectivity index (χ1n) is 8.13. The number of amides is 4. The molecule has 0 bridgehead atoms. The molecule has 4 amide bonds. The van der Waals surface area contributed by atoms with Crippen molar-refractivity contribution in [3.8, 4) is 0 Å². The average molecular weight is 339 g/mol. The molecule has 8 heteroatoms. The van der Waals surface area contributed by atoms with Crippen molar-refractivity contribution in [1.29, 1.82) is 0 Å². The Hall–Kier alpha value is -3.16. The molecule has 1 aromatic carbocycles. The predicted molar refractivity (Wildman–Crippen MR) is 89.2 cm³/mol. The van der Waals surface area contributed by atoms with Crippen molar-refractivity contribution in [2.45, 2.75) is 25.3 Å². The molecular weight excluding hydrogens is 322 g/mol. The van der Waals surface area contributed by atoms with Gasteiger partial charge in [-0.15, -0.1) is 0 Å². The van der Waals surface area contributed by atoms with Gasteiger partial charge in [0.2, 0.25) is 5.91 Å². The van der Waals surface area contributed by atoms with Crippen molar-refractivity contribution in [3.05, 3.63) is 47.3 Å². The number of anilines is 1. The number of hydrogen-bond donors (Lipinski definition) is 3. The number of hydrogen-bond acceptors (Lipinski definition) is 4. The molecule has 2 heterocycles. The first-order chi connectivity index (χ1) is 12.1. The lowest BCUT2D eigenvalue weighted by Crippen LogP contribution is -2.38. The van der Waals surface area contributed by atoms with Crippen LogP contribution in [-0.4, -0.2) is 40.6 Å². The number of H-pyrrole nitrogens is 1. The van der Waals surface area contributed by atoms with Crippen LogP contribution < -0.4 is 15.5 Å². The summed E-state index contributed by atoms with van der Waals surface area (Å²) in [6, 6.07) is 6.30. The highest BCUT2D eigenvalue weighted by atomic mass is 16.2. The molecule has 0 unspecified atom stereocenters. The number of aromatic nitrogens is 2. The number of imide groups is 1. The molecule has 3 N–H and O–H groups in total. The Kier molecular flexibility index (Phi) is 3.72. The number of nitrogens with zero attached hydrogens (tertiary/aromatic N) is 2. The third-order valence-electron chi connectivity index (χ3n) is 4.59. The summed E-state index contributed by atoms with van der Waals surface area (Å²) in [5.74, 6) is -0.479. The molecule has 4 rings (SSSR count). The largest absolute Gasteiger partial charge is 0.349 e. The van der Waals surface area contributed by atoms with Gasteiger partial charge in [-0.1, -0.05) is 0 Å². The summed E-state index contributed by atoms with van der Waals surface area (Å²) < 4.78 is 0. The van der Waals surface area contributed by atoms with Crippen LogP contribution in [0.1, 0.15) is 28.0 Å². The topological polar surface area (TPSA) is 107 Å². The molecule has 1 fully saturated rings. The summed E-state index contributed by atoms with van der Waals surface area (Å²) in [4.78, 5) is 36.7. The van der Waals surface area contributed by atoms with E-state index in [1.807, 2.05) is 6.20 Å². The van der Waals surface area contributed by atoms with Gasteiger partial charge in [0.15, 0.2) is 0 Å². The zero-order chi connectivity index (χ0) is 17.4. The summed E-state index contributed by atoms with van der Waals surface area (Å²) >= 11 is 0. The minimum absolute atomic E-state index is 0.000512. The number of benzene rings is 1. The molecule has 1 aliphatic heterocycles. The maximum Gasteiger partial charge on any atom is 0.329 e. The normalized spacial score (nSPS) is 19.5. The lowest BCUT2D eigenvalue weighted by Gasteiger charge is -2.23. The molecule has 1 aromatic heterocycles. The third-order valence-corrected chi connectivity index (χ3v) is 4.59. The van der Waals surface area contributed by atoms with Crippen molar-refractivity contribution in [2.24, 2.45) is 0 Å². The molecule has 0 radical (unpaired) electrons. The van der Waals surface area contributed by atoms with E-state index in [4.69, 9.17) is 0 Å². The van der Waals surface area contributed by atoms with Crippen molar-refractivity contribution in [3.63, 3.8) is 0 Å². The molecule has 2 aliphatic rings. The van der Waals surface area contributed by atoms with E-state index < -0.39 is 6.03 Å². The minimum Gasteiger partial charge on any atom is -0.349 e. The molecule has 1 aliphatic carbocycles. The third kappa shape index (κ3) is 2.98. The smallest absolute Gasteiger partial charge is 0.329 e. The van der Waals surface area contributed by atoms with Crippen LogP contribution in [0.5, 0.6) is 0 Å². The number of urea groups is 1. The summed E-state index contributed by atoms with van der Waals surface area (Å²) in [5, 5.41) is 12.3. The lowest BCUT2D eigenvalue weighted by molar-refractivity contribution is -0.117. The average Bonchev–Trinajstić information content (AvgIpc) is 3.20. The van der Waals surface area contributed by atoms with Crippen molar-refractivity contribution in [2.75, 3.05) is 11.4 Å². The van der Waals surface area contributed by atoms with E-state index in [0.29, 0.717) is 11.3 Å². The minimum atomic E-state index is -0.444. The van der Waals surface area contributed by atoms with Crippen molar-refractivity contribution < 1.29 is 14.4 Å². The monoisotopic (exact) mass is 339 g/mol. The summed E-state index contributed by atoms with van der Waals surface area (Å²) in [6.45, 7) is -0.000512. The maximum absolute atomic E-state index is 12.4. The van der Waals surface area contributed by atoms with Gasteiger partial charge < -0.3 is 5.32 Å². The SMILES string of the molecule is O=C1CN(c2ccc(C(=O)N[C@@H]3CCc4[nH]ncc4C3)cc2)C(=O)N1. The van der Waals surface area contributed by atoms with E-state index in [1.165, 1.54) is 4.90 Å². The van der Waals surface area contributed by atoms with Gasteiger partial charge >= 0.3 is 6.03 Å². The highest BCUT2D eigenvalue weighted by molar-refractivity contribution is 6.12. The summed E-state index contributed by atoms with van der Waals surface area (Å²) in [7, 11) is 0. The Bertz CT molecular complexity index is 842. The quantitative estimate of drug-likeness (QED) is 0.717. The molecular formula is C17H17N5O3. The van der Waals surface area contributed by atoms with E-state index in [0.717, 1.165) is 30.5 Å². The van der Waals surface area contributed by atoms with Crippen LogP contribution in [0, 0.1) is 0 Å². The van der Waals surface area contributed by atoms with Crippen LogP contribution >= 0.6 is 0 Å². The number of rotatable bonds is 3. The standard InChI is InChI=1S/C17H17N5O3/c23-15-9-22(17(25)20-15)13-4-1-10(2-5-13)16(24)19-12-3-6-14-11(7-12)8-18-21-14/h1-2,4-5,8,12H,3,6-7,9H2,(H,18,21)(H,19,24)(H,20,23,25)/t12-/m1/s1. The molecule has 0 spiro atoms. The molecule has 1 atom stereocenters. The van der Waals surface area contributed by atoms with Gasteiger partial charge in [0, 0.05) is 23.0 Å². The van der Waals surface area contributed by atoms with Gasteiger partial charge in [-0.2, -0.15) is 5.10 Å². The molecule has 25 heavy (non-hydrogen) atoms. The van der Waals surface area contributed by atoms with E-state index in [2.05, 4.69) is 20.8 Å². The van der Waals surface area contributed by atoms with Crippen LogP contribution in [0.15, 0.2) is 30.5 Å². The number of carbonyl (C=O) groups is 3. The van der Waals surface area contributed by atoms with Crippen molar-refractivity contribution >= 4 is 23.5 Å². The molecule has 0 saturated carbocycles. The number of aryl methyl sites for hydroxylation is 1. The second kappa shape index (κ2) is 6.04.